The molecule has 1 aromatic rings. The smallest absolute Gasteiger partial charge is 0.0438 e. The van der Waals surface area contributed by atoms with Gasteiger partial charge in [0.2, 0.25) is 0 Å². The maximum absolute atomic E-state index is 6.04. The first-order valence-electron chi connectivity index (χ1n) is 4.13. The average Bonchev–Trinajstić information content (AvgIpc) is 2.08. The molecule has 3 heteroatoms. The van der Waals surface area contributed by atoms with Crippen LogP contribution in [0.2, 0.25) is 5.02 Å². The molecule has 0 amide bonds. The molecule has 0 N–H and O–H groups in total. The fourth-order valence-corrected chi connectivity index (χ4v) is 1.78. The summed E-state index contributed by atoms with van der Waals surface area (Å²) in [6, 6.07) is 7.95. The van der Waals surface area contributed by atoms with Gasteiger partial charge < -0.3 is 0 Å². The van der Waals surface area contributed by atoms with Crippen molar-refractivity contribution in [1.29, 1.82) is 0 Å². The van der Waals surface area contributed by atoms with E-state index < -0.39 is 0 Å². The molecular weight excluding hydrogens is 315 g/mol. The van der Waals surface area contributed by atoms with Crippen LogP contribution in [0.5, 0.6) is 0 Å². The Hall–Kier alpha value is 0.470. The summed E-state index contributed by atoms with van der Waals surface area (Å²) in [4.78, 5) is 0.871. The first-order chi connectivity index (χ1) is 6.11. The van der Waals surface area contributed by atoms with E-state index >= 15 is 0 Å². The van der Waals surface area contributed by atoms with Crippen LogP contribution in [0.1, 0.15) is 12.5 Å². The highest BCUT2D eigenvalue weighted by Crippen LogP contribution is 2.23. The van der Waals surface area contributed by atoms with Crippen molar-refractivity contribution in [2.24, 2.45) is 0 Å². The largest absolute Gasteiger partial charge is 0.0881 e. The van der Waals surface area contributed by atoms with Crippen LogP contribution < -0.4 is 0 Å². The van der Waals surface area contributed by atoms with Crippen LogP contribution >= 0.6 is 43.5 Å². The lowest BCUT2D eigenvalue weighted by molar-refractivity contribution is 0.857. The molecule has 2 atom stereocenters. The van der Waals surface area contributed by atoms with E-state index in [0.29, 0.717) is 9.65 Å². The number of rotatable bonds is 3. The van der Waals surface area contributed by atoms with E-state index in [0.717, 1.165) is 11.4 Å². The minimum atomic E-state index is 0.424. The topological polar surface area (TPSA) is 0 Å². The second-order valence-corrected chi connectivity index (χ2v) is 6.02. The molecule has 0 fully saturated rings. The number of hydrogen-bond acceptors (Lipinski definition) is 0. The third-order valence-corrected chi connectivity index (χ3v) is 4.70. The van der Waals surface area contributed by atoms with Gasteiger partial charge in [-0.05, 0) is 18.1 Å². The Bertz CT molecular complexity index is 273. The lowest BCUT2D eigenvalue weighted by Gasteiger charge is -2.12. The molecule has 0 aromatic heterocycles. The molecule has 13 heavy (non-hydrogen) atoms. The minimum Gasteiger partial charge on any atom is -0.0881 e. The van der Waals surface area contributed by atoms with Gasteiger partial charge in [0.05, 0.1) is 0 Å². The van der Waals surface area contributed by atoms with Crippen molar-refractivity contribution in [3.8, 4) is 0 Å². The second kappa shape index (κ2) is 5.38. The molecule has 1 rings (SSSR count). The molecule has 0 bridgehead atoms. The standard InChI is InChI=1S/C10H11Br2Cl/c1-7(11)9(12)6-8-4-2-3-5-10(8)13/h2-5,7,9H,6H2,1H3. The van der Waals surface area contributed by atoms with E-state index in [2.05, 4.69) is 44.8 Å². The molecule has 0 spiro atoms. The average molecular weight is 326 g/mol. The lowest BCUT2D eigenvalue weighted by atomic mass is 10.1. The van der Waals surface area contributed by atoms with E-state index in [9.17, 15) is 0 Å². The van der Waals surface area contributed by atoms with E-state index in [4.69, 9.17) is 11.6 Å². The predicted molar refractivity (Wildman–Crippen MR) is 66.3 cm³/mol. The number of hydrogen-bond donors (Lipinski definition) is 0. The Labute approximate surface area is 101 Å². The van der Waals surface area contributed by atoms with Crippen molar-refractivity contribution in [2.45, 2.75) is 23.0 Å². The number of benzene rings is 1. The van der Waals surface area contributed by atoms with Crippen molar-refractivity contribution < 1.29 is 0 Å². The second-order valence-electron chi connectivity index (χ2n) is 2.99. The van der Waals surface area contributed by atoms with Crippen molar-refractivity contribution in [3.05, 3.63) is 34.9 Å². The molecule has 0 aliphatic rings. The van der Waals surface area contributed by atoms with Crippen LogP contribution in [0.3, 0.4) is 0 Å². The summed E-state index contributed by atoms with van der Waals surface area (Å²) in [7, 11) is 0. The summed E-state index contributed by atoms with van der Waals surface area (Å²) in [5, 5.41) is 0.847. The molecule has 0 saturated carbocycles. The normalized spacial score (nSPS) is 15.4. The van der Waals surface area contributed by atoms with Crippen LogP contribution in [0.4, 0.5) is 0 Å². The zero-order valence-electron chi connectivity index (χ0n) is 7.31. The maximum Gasteiger partial charge on any atom is 0.0438 e. The third-order valence-electron chi connectivity index (χ3n) is 1.87. The SMILES string of the molecule is CC(Br)C(Br)Cc1ccccc1Cl. The Kier molecular flexibility index (Phi) is 4.77. The summed E-state index contributed by atoms with van der Waals surface area (Å²) in [6.45, 7) is 2.12. The molecule has 72 valence electrons. The lowest BCUT2D eigenvalue weighted by Crippen LogP contribution is -2.13. The summed E-state index contributed by atoms with van der Waals surface area (Å²) in [5.74, 6) is 0. The number of alkyl halides is 2. The van der Waals surface area contributed by atoms with Crippen molar-refractivity contribution in [3.63, 3.8) is 0 Å². The molecule has 0 aliphatic carbocycles. The summed E-state index contributed by atoms with van der Waals surface area (Å²) in [6.07, 6.45) is 0.950. The van der Waals surface area contributed by atoms with Gasteiger partial charge in [0.25, 0.3) is 0 Å². The molecule has 2 unspecified atom stereocenters. The van der Waals surface area contributed by atoms with Gasteiger partial charge in [0, 0.05) is 14.7 Å². The Morgan fingerprint density at radius 1 is 1.31 bits per heavy atom. The maximum atomic E-state index is 6.04. The van der Waals surface area contributed by atoms with Gasteiger partial charge in [-0.3, -0.25) is 0 Å². The molecule has 1 aromatic carbocycles. The van der Waals surface area contributed by atoms with Gasteiger partial charge in [-0.15, -0.1) is 0 Å². The quantitative estimate of drug-likeness (QED) is 0.721. The van der Waals surface area contributed by atoms with Gasteiger partial charge >= 0.3 is 0 Å². The summed E-state index contributed by atoms with van der Waals surface area (Å²) < 4.78 is 0. The monoisotopic (exact) mass is 324 g/mol. The summed E-state index contributed by atoms with van der Waals surface area (Å²) >= 11 is 13.2. The predicted octanol–water partition coefficient (Wildman–Crippen LogP) is 4.43. The van der Waals surface area contributed by atoms with Crippen LogP contribution in [0.15, 0.2) is 24.3 Å². The molecule has 0 heterocycles. The molecule has 0 nitrogen and oxygen atoms in total. The van der Waals surface area contributed by atoms with Crippen LogP contribution in [0, 0.1) is 0 Å². The highest BCUT2D eigenvalue weighted by molar-refractivity contribution is 9.12. The van der Waals surface area contributed by atoms with Crippen LogP contribution in [-0.2, 0) is 6.42 Å². The summed E-state index contributed by atoms with van der Waals surface area (Å²) in [5.41, 5.74) is 1.19. The van der Waals surface area contributed by atoms with Crippen LogP contribution in [-0.4, -0.2) is 9.65 Å². The Morgan fingerprint density at radius 2 is 1.92 bits per heavy atom. The Balaban J connectivity index is 2.69. The van der Waals surface area contributed by atoms with Gasteiger partial charge in [-0.1, -0.05) is 68.6 Å². The zero-order chi connectivity index (χ0) is 9.84. The van der Waals surface area contributed by atoms with Crippen LogP contribution in [0.25, 0.3) is 0 Å². The van der Waals surface area contributed by atoms with Crippen molar-refractivity contribution >= 4 is 43.5 Å². The van der Waals surface area contributed by atoms with E-state index in [1.54, 1.807) is 0 Å². The fourth-order valence-electron chi connectivity index (χ4n) is 1.04. The molecule has 0 radical (unpaired) electrons. The van der Waals surface area contributed by atoms with E-state index in [1.165, 1.54) is 5.56 Å². The molecule has 0 aliphatic heterocycles. The first-order valence-corrected chi connectivity index (χ1v) is 6.33. The fraction of sp³-hybridized carbons (Fsp3) is 0.400. The van der Waals surface area contributed by atoms with Gasteiger partial charge in [-0.2, -0.15) is 0 Å². The highest BCUT2D eigenvalue weighted by Gasteiger charge is 2.12. The van der Waals surface area contributed by atoms with Crippen molar-refractivity contribution in [1.82, 2.24) is 0 Å². The Morgan fingerprint density at radius 3 is 2.46 bits per heavy atom. The van der Waals surface area contributed by atoms with E-state index in [1.807, 2.05) is 18.2 Å². The third kappa shape index (κ3) is 3.61. The minimum absolute atomic E-state index is 0.424. The zero-order valence-corrected chi connectivity index (χ0v) is 11.2. The van der Waals surface area contributed by atoms with Gasteiger partial charge in [0.15, 0.2) is 0 Å². The number of halogens is 3. The highest BCUT2D eigenvalue weighted by atomic mass is 79.9. The van der Waals surface area contributed by atoms with Gasteiger partial charge in [0.1, 0.15) is 0 Å². The van der Waals surface area contributed by atoms with Gasteiger partial charge in [-0.25, -0.2) is 0 Å². The molecular formula is C10H11Br2Cl. The molecule has 0 saturated heterocycles. The van der Waals surface area contributed by atoms with E-state index in [-0.39, 0.29) is 0 Å². The van der Waals surface area contributed by atoms with Crippen molar-refractivity contribution in [2.75, 3.05) is 0 Å². The first kappa shape index (κ1) is 11.5.